The summed E-state index contributed by atoms with van der Waals surface area (Å²) in [7, 11) is 0. The lowest BCUT2D eigenvalue weighted by molar-refractivity contribution is -0.384. The van der Waals surface area contributed by atoms with Gasteiger partial charge < -0.3 is 10.6 Å². The normalized spacial score (nSPS) is 17.0. The molecule has 9 nitrogen and oxygen atoms in total. The minimum atomic E-state index is -0.728. The predicted molar refractivity (Wildman–Crippen MR) is 71.4 cm³/mol. The first-order valence-electron chi connectivity index (χ1n) is 6.11. The van der Waals surface area contributed by atoms with Gasteiger partial charge in [-0.05, 0) is 12.5 Å². The summed E-state index contributed by atoms with van der Waals surface area (Å²) >= 11 is 0. The number of non-ortho nitro benzene ring substituents is 1. The van der Waals surface area contributed by atoms with Crippen molar-refractivity contribution >= 4 is 29.2 Å². The number of nitrogens with zero attached hydrogens (tertiary/aromatic N) is 1. The Bertz CT molecular complexity index is 615. The third-order valence-electron chi connectivity index (χ3n) is 2.86. The molecule has 3 N–H and O–H groups in total. The van der Waals surface area contributed by atoms with Crippen LogP contribution in [-0.2, 0) is 9.59 Å². The second kappa shape index (κ2) is 5.99. The maximum atomic E-state index is 11.7. The van der Waals surface area contributed by atoms with Crippen molar-refractivity contribution in [1.82, 2.24) is 10.6 Å². The SMILES string of the molecule is O=C(CC[C@H]1NC(=O)NC1=O)Nc1cccc([N+](=O)[O-])c1. The van der Waals surface area contributed by atoms with Crippen LogP contribution in [0.4, 0.5) is 16.2 Å². The van der Waals surface area contributed by atoms with Crippen LogP contribution in [0.25, 0.3) is 0 Å². The van der Waals surface area contributed by atoms with E-state index in [0.717, 1.165) is 0 Å². The number of hydrogen-bond acceptors (Lipinski definition) is 5. The Hall–Kier alpha value is -2.97. The third-order valence-corrected chi connectivity index (χ3v) is 2.86. The van der Waals surface area contributed by atoms with Gasteiger partial charge in [0.25, 0.3) is 11.6 Å². The van der Waals surface area contributed by atoms with Crippen LogP contribution in [0.1, 0.15) is 12.8 Å². The largest absolute Gasteiger partial charge is 0.326 e. The number of rotatable bonds is 5. The van der Waals surface area contributed by atoms with Gasteiger partial charge in [-0.2, -0.15) is 0 Å². The fourth-order valence-corrected chi connectivity index (χ4v) is 1.86. The van der Waals surface area contributed by atoms with Gasteiger partial charge in [0.05, 0.1) is 4.92 Å². The lowest BCUT2D eigenvalue weighted by atomic mass is 10.1. The number of carbonyl (C=O) groups is 3. The molecule has 0 spiro atoms. The Morgan fingerprint density at radius 3 is 2.76 bits per heavy atom. The van der Waals surface area contributed by atoms with Crippen molar-refractivity contribution < 1.29 is 19.3 Å². The molecule has 1 saturated heterocycles. The van der Waals surface area contributed by atoms with Gasteiger partial charge >= 0.3 is 6.03 Å². The Labute approximate surface area is 118 Å². The van der Waals surface area contributed by atoms with Crippen molar-refractivity contribution in [3.05, 3.63) is 34.4 Å². The smallest absolute Gasteiger partial charge is 0.322 e. The molecule has 1 aromatic carbocycles. The highest BCUT2D eigenvalue weighted by Crippen LogP contribution is 2.17. The van der Waals surface area contributed by atoms with Gasteiger partial charge in [0.15, 0.2) is 0 Å². The number of hydrogen-bond donors (Lipinski definition) is 3. The molecular weight excluding hydrogens is 280 g/mol. The van der Waals surface area contributed by atoms with Crippen LogP contribution in [0.5, 0.6) is 0 Å². The van der Waals surface area contributed by atoms with Gasteiger partial charge in [-0.15, -0.1) is 0 Å². The second-order valence-corrected chi connectivity index (χ2v) is 4.41. The fraction of sp³-hybridized carbons (Fsp3) is 0.250. The maximum absolute atomic E-state index is 11.7. The molecule has 1 heterocycles. The summed E-state index contributed by atoms with van der Waals surface area (Å²) in [5.74, 6) is -0.868. The molecule has 1 aliphatic rings. The minimum Gasteiger partial charge on any atom is -0.326 e. The fourth-order valence-electron chi connectivity index (χ4n) is 1.86. The number of benzene rings is 1. The van der Waals surface area contributed by atoms with Gasteiger partial charge in [0.2, 0.25) is 5.91 Å². The topological polar surface area (TPSA) is 130 Å². The number of anilines is 1. The summed E-state index contributed by atoms with van der Waals surface area (Å²) in [4.78, 5) is 43.9. The van der Waals surface area contributed by atoms with Crippen LogP contribution < -0.4 is 16.0 Å². The zero-order valence-corrected chi connectivity index (χ0v) is 10.8. The van der Waals surface area contributed by atoms with Gasteiger partial charge in [0.1, 0.15) is 6.04 Å². The summed E-state index contributed by atoms with van der Waals surface area (Å²) < 4.78 is 0. The molecule has 0 saturated carbocycles. The van der Waals surface area contributed by atoms with E-state index in [2.05, 4.69) is 16.0 Å². The number of nitro benzene ring substituents is 1. The highest BCUT2D eigenvalue weighted by atomic mass is 16.6. The average Bonchev–Trinajstić information content (AvgIpc) is 2.75. The summed E-state index contributed by atoms with van der Waals surface area (Å²) in [6.45, 7) is 0. The molecule has 0 aliphatic carbocycles. The van der Waals surface area contributed by atoms with Gasteiger partial charge in [-0.25, -0.2) is 4.79 Å². The molecular formula is C12H12N4O5. The van der Waals surface area contributed by atoms with Crippen molar-refractivity contribution in [2.45, 2.75) is 18.9 Å². The zero-order valence-electron chi connectivity index (χ0n) is 10.8. The first kappa shape index (κ1) is 14.4. The molecule has 0 aromatic heterocycles. The number of nitrogens with one attached hydrogen (secondary N) is 3. The van der Waals surface area contributed by atoms with E-state index in [0.29, 0.717) is 5.69 Å². The highest BCUT2D eigenvalue weighted by molar-refractivity contribution is 6.04. The van der Waals surface area contributed by atoms with Gasteiger partial charge in [-0.3, -0.25) is 25.0 Å². The van der Waals surface area contributed by atoms with Crippen LogP contribution >= 0.6 is 0 Å². The number of urea groups is 1. The third kappa shape index (κ3) is 3.75. The van der Waals surface area contributed by atoms with Gasteiger partial charge in [-0.1, -0.05) is 6.07 Å². The molecule has 0 radical (unpaired) electrons. The van der Waals surface area contributed by atoms with Crippen LogP contribution in [0, 0.1) is 10.1 Å². The van der Waals surface area contributed by atoms with E-state index >= 15 is 0 Å². The van der Waals surface area contributed by atoms with E-state index < -0.39 is 28.8 Å². The van der Waals surface area contributed by atoms with Crippen LogP contribution in [0.15, 0.2) is 24.3 Å². The minimum absolute atomic E-state index is 0.00105. The van der Waals surface area contributed by atoms with E-state index in [9.17, 15) is 24.5 Å². The summed E-state index contributed by atoms with van der Waals surface area (Å²) in [5, 5.41) is 17.6. The number of imide groups is 1. The van der Waals surface area contributed by atoms with E-state index in [1.165, 1.54) is 24.3 Å². The van der Waals surface area contributed by atoms with Crippen molar-refractivity contribution in [1.29, 1.82) is 0 Å². The van der Waals surface area contributed by atoms with E-state index in [-0.39, 0.29) is 18.5 Å². The van der Waals surface area contributed by atoms with E-state index in [1.54, 1.807) is 0 Å². The summed E-state index contributed by atoms with van der Waals surface area (Å²) in [6, 6.07) is 4.22. The molecule has 1 aromatic rings. The molecule has 4 amide bonds. The van der Waals surface area contributed by atoms with Crippen LogP contribution in [-0.4, -0.2) is 28.8 Å². The molecule has 9 heteroatoms. The Morgan fingerprint density at radius 1 is 1.38 bits per heavy atom. The molecule has 1 aliphatic heterocycles. The number of nitro groups is 1. The van der Waals surface area contributed by atoms with Crippen LogP contribution in [0.2, 0.25) is 0 Å². The van der Waals surface area contributed by atoms with Crippen LogP contribution in [0.3, 0.4) is 0 Å². The Kier molecular flexibility index (Phi) is 4.12. The number of carbonyl (C=O) groups excluding carboxylic acids is 3. The second-order valence-electron chi connectivity index (χ2n) is 4.41. The van der Waals surface area contributed by atoms with Crippen molar-refractivity contribution in [2.24, 2.45) is 0 Å². The Morgan fingerprint density at radius 2 is 2.14 bits per heavy atom. The lowest BCUT2D eigenvalue weighted by Gasteiger charge is -2.07. The van der Waals surface area contributed by atoms with Crippen molar-refractivity contribution in [3.8, 4) is 0 Å². The number of amides is 4. The molecule has 1 atom stereocenters. The zero-order chi connectivity index (χ0) is 15.4. The predicted octanol–water partition coefficient (Wildman–Crippen LogP) is 0.521. The quantitative estimate of drug-likeness (QED) is 0.413. The molecule has 2 rings (SSSR count). The highest BCUT2D eigenvalue weighted by Gasteiger charge is 2.29. The molecule has 0 unspecified atom stereocenters. The molecule has 0 bridgehead atoms. The lowest BCUT2D eigenvalue weighted by Crippen LogP contribution is -2.30. The molecule has 21 heavy (non-hydrogen) atoms. The summed E-state index contributed by atoms with van der Waals surface area (Å²) in [5.41, 5.74) is 0.171. The maximum Gasteiger partial charge on any atom is 0.322 e. The van der Waals surface area contributed by atoms with E-state index in [1.807, 2.05) is 0 Å². The molecule has 110 valence electrons. The van der Waals surface area contributed by atoms with E-state index in [4.69, 9.17) is 0 Å². The summed E-state index contributed by atoms with van der Waals surface area (Å²) in [6.07, 6.45) is 0.152. The first-order valence-corrected chi connectivity index (χ1v) is 6.11. The van der Waals surface area contributed by atoms with Crippen molar-refractivity contribution in [3.63, 3.8) is 0 Å². The Balaban J connectivity index is 1.87. The molecule has 1 fully saturated rings. The standard InChI is InChI=1S/C12H12N4O5/c17-10(5-4-9-11(18)15-12(19)14-9)13-7-2-1-3-8(6-7)16(20)21/h1-3,6,9H,4-5H2,(H,13,17)(H2,14,15,18,19)/t9-/m1/s1. The average molecular weight is 292 g/mol. The van der Waals surface area contributed by atoms with Gasteiger partial charge in [0, 0.05) is 24.2 Å². The first-order chi connectivity index (χ1) is 9.95. The van der Waals surface area contributed by atoms with Crippen molar-refractivity contribution in [2.75, 3.05) is 5.32 Å². The monoisotopic (exact) mass is 292 g/mol.